The summed E-state index contributed by atoms with van der Waals surface area (Å²) in [6.45, 7) is 0. The lowest BCUT2D eigenvalue weighted by atomic mass is 10.3. The first-order chi connectivity index (χ1) is 9.75. The summed E-state index contributed by atoms with van der Waals surface area (Å²) in [4.78, 5) is 2.06. The van der Waals surface area contributed by atoms with Crippen LogP contribution < -0.4 is 9.47 Å². The van der Waals surface area contributed by atoms with Crippen molar-refractivity contribution in [3.05, 3.63) is 66.7 Å². The van der Waals surface area contributed by atoms with Gasteiger partial charge in [-0.3, -0.25) is 0 Å². The van der Waals surface area contributed by atoms with E-state index in [1.807, 2.05) is 67.3 Å². The van der Waals surface area contributed by atoms with Crippen LogP contribution in [0.4, 0.5) is 5.69 Å². The van der Waals surface area contributed by atoms with Gasteiger partial charge < -0.3 is 9.32 Å². The smallest absolute Gasteiger partial charge is 0.375 e. The molecule has 2 aromatic carbocycles. The van der Waals surface area contributed by atoms with E-state index in [-0.39, 0.29) is 0 Å². The molecule has 0 fully saturated rings. The summed E-state index contributed by atoms with van der Waals surface area (Å²) in [6.07, 6.45) is 3.99. The first-order valence-electron chi connectivity index (χ1n) is 6.59. The predicted molar refractivity (Wildman–Crippen MR) is 81.3 cm³/mol. The fraction of sp³-hybridized carbons (Fsp3) is 0.118. The molecule has 0 unspecified atom stereocenters. The van der Waals surface area contributed by atoms with Crippen molar-refractivity contribution in [1.82, 2.24) is 0 Å². The number of benzene rings is 2. The highest BCUT2D eigenvalue weighted by Gasteiger charge is 2.15. The molecule has 0 N–H and O–H groups in total. The van der Waals surface area contributed by atoms with Crippen LogP contribution in [0.2, 0.25) is 0 Å². The number of hydrogen-bond acceptors (Lipinski definition) is 2. The van der Waals surface area contributed by atoms with Gasteiger partial charge in [0.2, 0.25) is 5.58 Å². The van der Waals surface area contributed by atoms with E-state index in [4.69, 9.17) is 4.42 Å². The van der Waals surface area contributed by atoms with Gasteiger partial charge in [-0.15, -0.1) is 0 Å². The largest absolute Gasteiger partial charge is 0.398 e. The topological polar surface area (TPSA) is 20.3 Å². The molecular formula is C17H17N2O+. The van der Waals surface area contributed by atoms with Crippen molar-refractivity contribution in [1.29, 1.82) is 0 Å². The quantitative estimate of drug-likeness (QED) is 0.677. The monoisotopic (exact) mass is 265 g/mol. The number of aromatic nitrogens is 1. The van der Waals surface area contributed by atoms with Crippen LogP contribution in [-0.2, 0) is 7.05 Å². The fourth-order valence-electron chi connectivity index (χ4n) is 2.19. The Kier molecular flexibility index (Phi) is 3.25. The predicted octanol–water partition coefficient (Wildman–Crippen LogP) is 3.36. The van der Waals surface area contributed by atoms with Gasteiger partial charge >= 0.3 is 5.89 Å². The highest BCUT2D eigenvalue weighted by Crippen LogP contribution is 2.15. The average Bonchev–Trinajstić information content (AvgIpc) is 2.83. The van der Waals surface area contributed by atoms with Crippen molar-refractivity contribution in [3.8, 4) is 0 Å². The fourth-order valence-corrected chi connectivity index (χ4v) is 2.19. The second-order valence-electron chi connectivity index (χ2n) is 4.73. The van der Waals surface area contributed by atoms with Crippen molar-refractivity contribution in [2.24, 2.45) is 7.05 Å². The molecule has 0 saturated heterocycles. The van der Waals surface area contributed by atoms with Crippen molar-refractivity contribution in [2.45, 2.75) is 0 Å². The minimum Gasteiger partial charge on any atom is -0.398 e. The molecule has 100 valence electrons. The Morgan fingerprint density at radius 3 is 2.45 bits per heavy atom. The van der Waals surface area contributed by atoms with Crippen LogP contribution in [0.1, 0.15) is 5.89 Å². The summed E-state index contributed by atoms with van der Waals surface area (Å²) in [5, 5.41) is 0. The van der Waals surface area contributed by atoms with Gasteiger partial charge in [0, 0.05) is 25.0 Å². The van der Waals surface area contributed by atoms with E-state index in [1.54, 1.807) is 0 Å². The summed E-state index contributed by atoms with van der Waals surface area (Å²) in [7, 11) is 4.03. The van der Waals surface area contributed by atoms with E-state index in [0.29, 0.717) is 0 Å². The highest BCUT2D eigenvalue weighted by molar-refractivity contribution is 5.69. The van der Waals surface area contributed by atoms with Gasteiger partial charge in [0.15, 0.2) is 0 Å². The molecule has 0 aliphatic rings. The van der Waals surface area contributed by atoms with Gasteiger partial charge in [-0.25, -0.2) is 0 Å². The molecule has 1 heterocycles. The highest BCUT2D eigenvalue weighted by atomic mass is 16.3. The zero-order valence-electron chi connectivity index (χ0n) is 11.7. The van der Waals surface area contributed by atoms with Gasteiger partial charge in [0.1, 0.15) is 7.05 Å². The molecule has 0 spiro atoms. The van der Waals surface area contributed by atoms with Crippen molar-refractivity contribution in [3.63, 3.8) is 0 Å². The van der Waals surface area contributed by atoms with Crippen LogP contribution in [0, 0.1) is 0 Å². The zero-order valence-corrected chi connectivity index (χ0v) is 11.7. The number of rotatable bonds is 3. The summed E-state index contributed by atoms with van der Waals surface area (Å²) in [5.74, 6) is 0.828. The standard InChI is InChI=1S/C17H17N2O/c1-18(14-8-4-3-5-9-14)13-12-17-19(2)15-10-6-7-11-16(15)20-17/h3-13H,1-2H3/q+1. The molecule has 3 heteroatoms. The third kappa shape index (κ3) is 2.30. The molecule has 0 atom stereocenters. The Labute approximate surface area is 118 Å². The van der Waals surface area contributed by atoms with Gasteiger partial charge in [-0.1, -0.05) is 30.3 Å². The van der Waals surface area contributed by atoms with Crippen LogP contribution in [0.5, 0.6) is 0 Å². The molecule has 3 nitrogen and oxygen atoms in total. The SMILES string of the molecule is CN(/C=C/c1oc2ccccc2[n+]1C)c1ccccc1. The van der Waals surface area contributed by atoms with Gasteiger partial charge in [0.25, 0.3) is 5.52 Å². The van der Waals surface area contributed by atoms with Crippen LogP contribution in [0.25, 0.3) is 17.2 Å². The number of aryl methyl sites for hydroxylation is 1. The number of para-hydroxylation sites is 3. The Balaban J connectivity index is 1.89. The summed E-state index contributed by atoms with van der Waals surface area (Å²) in [6, 6.07) is 18.2. The maximum Gasteiger partial charge on any atom is 0.375 e. The van der Waals surface area contributed by atoms with Crippen molar-refractivity contribution >= 4 is 22.9 Å². The number of hydrogen-bond donors (Lipinski definition) is 0. The number of nitrogens with zero attached hydrogens (tertiary/aromatic N) is 2. The molecule has 0 saturated carbocycles. The van der Waals surface area contributed by atoms with Crippen LogP contribution >= 0.6 is 0 Å². The molecule has 3 rings (SSSR count). The Bertz CT molecular complexity index is 744. The van der Waals surface area contributed by atoms with E-state index in [2.05, 4.69) is 23.1 Å². The summed E-state index contributed by atoms with van der Waals surface area (Å²) < 4.78 is 7.88. The third-order valence-electron chi connectivity index (χ3n) is 3.38. The molecule has 0 aliphatic heterocycles. The second kappa shape index (κ2) is 5.21. The summed E-state index contributed by atoms with van der Waals surface area (Å²) >= 11 is 0. The van der Waals surface area contributed by atoms with E-state index < -0.39 is 0 Å². The molecule has 3 aromatic rings. The van der Waals surface area contributed by atoms with Crippen LogP contribution in [0.3, 0.4) is 0 Å². The molecule has 0 bridgehead atoms. The Morgan fingerprint density at radius 2 is 1.70 bits per heavy atom. The minimum atomic E-state index is 0.828. The minimum absolute atomic E-state index is 0.828. The number of fused-ring (bicyclic) bond motifs is 1. The third-order valence-corrected chi connectivity index (χ3v) is 3.38. The second-order valence-corrected chi connectivity index (χ2v) is 4.73. The number of oxazole rings is 1. The molecule has 0 amide bonds. The van der Waals surface area contributed by atoms with Crippen LogP contribution in [0.15, 0.2) is 65.2 Å². The molecule has 0 radical (unpaired) electrons. The van der Waals surface area contributed by atoms with E-state index in [1.165, 1.54) is 0 Å². The first kappa shape index (κ1) is 12.5. The lowest BCUT2D eigenvalue weighted by Gasteiger charge is -2.12. The molecular weight excluding hydrogens is 248 g/mol. The Hall–Kier alpha value is -2.55. The first-order valence-corrected chi connectivity index (χ1v) is 6.59. The normalized spacial score (nSPS) is 11.3. The van der Waals surface area contributed by atoms with Crippen molar-refractivity contribution < 1.29 is 8.98 Å². The van der Waals surface area contributed by atoms with Crippen LogP contribution in [-0.4, -0.2) is 7.05 Å². The summed E-state index contributed by atoms with van der Waals surface area (Å²) in [5.41, 5.74) is 3.13. The lowest BCUT2D eigenvalue weighted by Crippen LogP contribution is -2.29. The molecule has 0 aliphatic carbocycles. The lowest BCUT2D eigenvalue weighted by molar-refractivity contribution is -0.652. The van der Waals surface area contributed by atoms with E-state index >= 15 is 0 Å². The number of anilines is 1. The van der Waals surface area contributed by atoms with Crippen molar-refractivity contribution in [2.75, 3.05) is 11.9 Å². The zero-order chi connectivity index (χ0) is 13.9. The van der Waals surface area contributed by atoms with E-state index in [9.17, 15) is 0 Å². The average molecular weight is 265 g/mol. The maximum absolute atomic E-state index is 5.83. The van der Waals surface area contributed by atoms with Gasteiger partial charge in [-0.05, 0) is 18.2 Å². The van der Waals surface area contributed by atoms with Gasteiger partial charge in [-0.2, -0.15) is 4.57 Å². The Morgan fingerprint density at radius 1 is 1.00 bits per heavy atom. The van der Waals surface area contributed by atoms with E-state index in [0.717, 1.165) is 22.7 Å². The van der Waals surface area contributed by atoms with Gasteiger partial charge in [0.05, 0.1) is 6.08 Å². The molecule has 20 heavy (non-hydrogen) atoms. The maximum atomic E-state index is 5.83. The molecule has 1 aromatic heterocycles.